The van der Waals surface area contributed by atoms with Gasteiger partial charge in [0.05, 0.1) is 5.52 Å². The summed E-state index contributed by atoms with van der Waals surface area (Å²) < 4.78 is 2.20. The van der Waals surface area contributed by atoms with Gasteiger partial charge in [0, 0.05) is 25.2 Å². The number of fused-ring (bicyclic) bond motifs is 1. The Balaban J connectivity index is 2.78. The minimum atomic E-state index is 1.27. The van der Waals surface area contributed by atoms with E-state index < -0.39 is 0 Å². The van der Waals surface area contributed by atoms with Gasteiger partial charge in [-0.25, -0.2) is 0 Å². The largest absolute Gasteiger partial charge is 0.319 e. The van der Waals surface area contributed by atoms with Gasteiger partial charge in [0.15, 0.2) is 0 Å². The van der Waals surface area contributed by atoms with Crippen LogP contribution in [0.25, 0.3) is 10.9 Å². The van der Waals surface area contributed by atoms with Crippen molar-refractivity contribution in [3.63, 3.8) is 0 Å². The first-order valence-electron chi connectivity index (χ1n) is 4.45. The molecule has 0 atom stereocenters. The Kier molecular flexibility index (Phi) is 1.76. The molecule has 68 valence electrons. The van der Waals surface area contributed by atoms with Crippen LogP contribution in [0.15, 0.2) is 30.3 Å². The molecule has 13 heavy (non-hydrogen) atoms. The first-order valence-corrected chi connectivity index (χ1v) is 4.45. The molecule has 0 radical (unpaired) electrons. The van der Waals surface area contributed by atoms with E-state index in [0.717, 1.165) is 0 Å². The van der Waals surface area contributed by atoms with Gasteiger partial charge < -0.3 is 5.01 Å². The molecule has 0 aliphatic carbocycles. The van der Waals surface area contributed by atoms with E-state index in [4.69, 9.17) is 0 Å². The zero-order valence-electron chi connectivity index (χ0n) is 8.28. The lowest BCUT2D eigenvalue weighted by molar-refractivity contribution is 0.738. The molecule has 0 aliphatic rings. The fraction of sp³-hybridized carbons (Fsp3) is 0.273. The maximum Gasteiger partial charge on any atom is 0.0697 e. The molecule has 1 aromatic heterocycles. The summed E-state index contributed by atoms with van der Waals surface area (Å²) in [5, 5.41) is 3.39. The van der Waals surface area contributed by atoms with Crippen molar-refractivity contribution >= 4 is 10.9 Å². The van der Waals surface area contributed by atoms with Crippen molar-refractivity contribution in [1.82, 2.24) is 4.68 Å². The molecule has 0 amide bonds. The van der Waals surface area contributed by atoms with Crippen molar-refractivity contribution in [2.45, 2.75) is 6.92 Å². The molecule has 0 aliphatic heterocycles. The number of hydrogen-bond donors (Lipinski definition) is 0. The van der Waals surface area contributed by atoms with E-state index in [1.165, 1.54) is 16.6 Å². The van der Waals surface area contributed by atoms with Crippen LogP contribution in [0, 0.1) is 6.92 Å². The summed E-state index contributed by atoms with van der Waals surface area (Å²) in [6.07, 6.45) is 0. The van der Waals surface area contributed by atoms with Crippen LogP contribution in [0.1, 0.15) is 5.69 Å². The summed E-state index contributed by atoms with van der Waals surface area (Å²) in [6, 6.07) is 10.6. The highest BCUT2D eigenvalue weighted by Gasteiger charge is 2.04. The number of nitrogens with zero attached hydrogens (tertiary/aromatic N) is 2. The Morgan fingerprint density at radius 2 is 1.85 bits per heavy atom. The van der Waals surface area contributed by atoms with E-state index in [1.54, 1.807) is 0 Å². The van der Waals surface area contributed by atoms with Gasteiger partial charge in [-0.3, -0.25) is 4.68 Å². The average molecular weight is 174 g/mol. The molecule has 0 saturated carbocycles. The topological polar surface area (TPSA) is 8.17 Å². The van der Waals surface area contributed by atoms with E-state index in [1.807, 2.05) is 0 Å². The molecule has 0 saturated heterocycles. The highest BCUT2D eigenvalue weighted by Crippen LogP contribution is 2.18. The first-order chi connectivity index (χ1) is 6.20. The second-order valence-electron chi connectivity index (χ2n) is 3.50. The second kappa shape index (κ2) is 2.80. The third kappa shape index (κ3) is 1.18. The summed E-state index contributed by atoms with van der Waals surface area (Å²) >= 11 is 0. The minimum Gasteiger partial charge on any atom is -0.319 e. The molecule has 1 aromatic carbocycles. The third-order valence-electron chi connectivity index (χ3n) is 2.26. The maximum atomic E-state index is 2.20. The van der Waals surface area contributed by atoms with Crippen molar-refractivity contribution < 1.29 is 0 Å². The third-order valence-corrected chi connectivity index (χ3v) is 2.26. The Morgan fingerprint density at radius 3 is 2.54 bits per heavy atom. The van der Waals surface area contributed by atoms with Gasteiger partial charge in [0.1, 0.15) is 0 Å². The molecule has 2 nitrogen and oxygen atoms in total. The van der Waals surface area contributed by atoms with Gasteiger partial charge in [-0.05, 0) is 19.1 Å². The van der Waals surface area contributed by atoms with Crippen LogP contribution < -0.4 is 5.01 Å². The smallest absolute Gasteiger partial charge is 0.0697 e. The van der Waals surface area contributed by atoms with E-state index in [0.29, 0.717) is 0 Å². The van der Waals surface area contributed by atoms with Crippen LogP contribution in [0.3, 0.4) is 0 Å². The number of para-hydroxylation sites is 1. The monoisotopic (exact) mass is 174 g/mol. The fourth-order valence-electron chi connectivity index (χ4n) is 1.81. The van der Waals surface area contributed by atoms with E-state index in [9.17, 15) is 0 Å². The van der Waals surface area contributed by atoms with Crippen LogP contribution in [0.2, 0.25) is 0 Å². The van der Waals surface area contributed by atoms with Gasteiger partial charge >= 0.3 is 0 Å². The minimum absolute atomic E-state index is 1.27. The van der Waals surface area contributed by atoms with Gasteiger partial charge in [-0.2, -0.15) is 0 Å². The van der Waals surface area contributed by atoms with E-state index in [-0.39, 0.29) is 0 Å². The predicted molar refractivity (Wildman–Crippen MR) is 56.7 cm³/mol. The molecular weight excluding hydrogens is 160 g/mol. The zero-order valence-corrected chi connectivity index (χ0v) is 8.28. The van der Waals surface area contributed by atoms with Crippen molar-refractivity contribution in [3.8, 4) is 0 Å². The van der Waals surface area contributed by atoms with Crippen molar-refractivity contribution in [2.24, 2.45) is 0 Å². The van der Waals surface area contributed by atoms with Crippen LogP contribution in [-0.2, 0) is 0 Å². The quantitative estimate of drug-likeness (QED) is 0.643. The molecule has 2 aromatic rings. The maximum absolute atomic E-state index is 2.20. The fourth-order valence-corrected chi connectivity index (χ4v) is 1.81. The number of aryl methyl sites for hydroxylation is 1. The van der Waals surface area contributed by atoms with Gasteiger partial charge in [-0.1, -0.05) is 18.2 Å². The highest BCUT2D eigenvalue weighted by molar-refractivity contribution is 5.81. The normalized spacial score (nSPS) is 10.7. The lowest BCUT2D eigenvalue weighted by Gasteiger charge is -2.17. The second-order valence-corrected chi connectivity index (χ2v) is 3.50. The summed E-state index contributed by atoms with van der Waals surface area (Å²) in [6.45, 7) is 2.12. The van der Waals surface area contributed by atoms with Crippen LogP contribution >= 0.6 is 0 Å². The molecule has 0 spiro atoms. The van der Waals surface area contributed by atoms with E-state index >= 15 is 0 Å². The number of rotatable bonds is 1. The summed E-state index contributed by atoms with van der Waals surface area (Å²) in [5.74, 6) is 0. The molecule has 0 fully saturated rings. The zero-order chi connectivity index (χ0) is 9.42. The van der Waals surface area contributed by atoms with Crippen molar-refractivity contribution in [2.75, 3.05) is 19.1 Å². The Hall–Kier alpha value is -1.44. The van der Waals surface area contributed by atoms with Gasteiger partial charge in [0.25, 0.3) is 0 Å². The molecule has 2 heteroatoms. The lowest BCUT2D eigenvalue weighted by Crippen LogP contribution is -2.25. The molecular formula is C11H14N2. The molecule has 2 rings (SSSR count). The standard InChI is InChI=1S/C11H14N2/c1-9-8-10-6-4-5-7-11(10)13(9)12(2)3/h4-8H,1-3H3. The summed E-state index contributed by atoms with van der Waals surface area (Å²) in [7, 11) is 4.11. The molecule has 0 bridgehead atoms. The van der Waals surface area contributed by atoms with Crippen molar-refractivity contribution in [1.29, 1.82) is 0 Å². The number of hydrogen-bond acceptors (Lipinski definition) is 1. The van der Waals surface area contributed by atoms with Gasteiger partial charge in [-0.15, -0.1) is 0 Å². The summed E-state index contributed by atoms with van der Waals surface area (Å²) in [5.41, 5.74) is 2.54. The predicted octanol–water partition coefficient (Wildman–Crippen LogP) is 2.15. The number of benzene rings is 1. The summed E-state index contributed by atoms with van der Waals surface area (Å²) in [4.78, 5) is 0. The molecule has 0 N–H and O–H groups in total. The SMILES string of the molecule is Cc1cc2ccccc2n1N(C)C. The Bertz CT molecular complexity index is 427. The van der Waals surface area contributed by atoms with E-state index in [2.05, 4.69) is 61.0 Å². The highest BCUT2D eigenvalue weighted by atomic mass is 15.5. The van der Waals surface area contributed by atoms with Crippen LogP contribution in [-0.4, -0.2) is 18.8 Å². The van der Waals surface area contributed by atoms with Crippen LogP contribution in [0.4, 0.5) is 0 Å². The Morgan fingerprint density at radius 1 is 1.15 bits per heavy atom. The molecule has 1 heterocycles. The van der Waals surface area contributed by atoms with Crippen LogP contribution in [0.5, 0.6) is 0 Å². The Labute approximate surface area is 78.4 Å². The number of aromatic nitrogens is 1. The lowest BCUT2D eigenvalue weighted by atomic mass is 10.2. The molecule has 0 unspecified atom stereocenters. The first kappa shape index (κ1) is 8.17. The van der Waals surface area contributed by atoms with Crippen molar-refractivity contribution in [3.05, 3.63) is 36.0 Å². The van der Waals surface area contributed by atoms with Gasteiger partial charge in [0.2, 0.25) is 0 Å². The average Bonchev–Trinajstić information content (AvgIpc) is 2.39.